The molecule has 1 N–H and O–H groups in total. The summed E-state index contributed by atoms with van der Waals surface area (Å²) in [7, 11) is 0. The fourth-order valence-electron chi connectivity index (χ4n) is 3.48. The summed E-state index contributed by atoms with van der Waals surface area (Å²) in [5.41, 5.74) is 0.676. The van der Waals surface area contributed by atoms with E-state index >= 15 is 0 Å². The maximum Gasteiger partial charge on any atom is 0.255 e. The van der Waals surface area contributed by atoms with E-state index in [-0.39, 0.29) is 11.9 Å². The van der Waals surface area contributed by atoms with E-state index in [1.54, 1.807) is 6.20 Å². The third-order valence-corrected chi connectivity index (χ3v) is 4.80. The first kappa shape index (κ1) is 17.2. The summed E-state index contributed by atoms with van der Waals surface area (Å²) >= 11 is 0. The van der Waals surface area contributed by atoms with Crippen molar-refractivity contribution in [2.75, 3.05) is 50.8 Å². The second-order valence-electron chi connectivity index (χ2n) is 6.56. The van der Waals surface area contributed by atoms with E-state index in [2.05, 4.69) is 27.0 Å². The normalized spacial score (nSPS) is 20.1. The lowest BCUT2D eigenvalue weighted by Crippen LogP contribution is -2.45. The maximum atomic E-state index is 12.8. The Morgan fingerprint density at radius 2 is 2.04 bits per heavy atom. The number of anilines is 1. The van der Waals surface area contributed by atoms with Gasteiger partial charge < -0.3 is 19.9 Å². The molecule has 0 aliphatic carbocycles. The minimum absolute atomic E-state index is 0.00136. The Bertz CT molecular complexity index is 538. The Kier molecular flexibility index (Phi) is 6.04. The molecule has 3 rings (SSSR count). The van der Waals surface area contributed by atoms with Gasteiger partial charge in [0.1, 0.15) is 5.82 Å². The Morgan fingerprint density at radius 1 is 1.29 bits per heavy atom. The molecule has 132 valence electrons. The van der Waals surface area contributed by atoms with E-state index in [0.29, 0.717) is 18.8 Å². The molecule has 2 aliphatic rings. The van der Waals surface area contributed by atoms with Gasteiger partial charge in [-0.05, 0) is 37.9 Å². The molecule has 0 spiro atoms. The third-order valence-electron chi connectivity index (χ3n) is 4.80. The number of pyridine rings is 1. The Morgan fingerprint density at radius 3 is 2.75 bits per heavy atom. The number of piperidine rings is 1. The predicted molar refractivity (Wildman–Crippen MR) is 94.5 cm³/mol. The molecule has 24 heavy (non-hydrogen) atoms. The van der Waals surface area contributed by atoms with E-state index in [4.69, 9.17) is 4.74 Å². The maximum absolute atomic E-state index is 12.8. The number of nitrogens with zero attached hydrogens (tertiary/aromatic N) is 3. The van der Waals surface area contributed by atoms with Crippen LogP contribution in [0.5, 0.6) is 0 Å². The summed E-state index contributed by atoms with van der Waals surface area (Å²) in [6.45, 7) is 8.46. The molecule has 0 bridgehead atoms. The number of carbonyl (C=O) groups is 1. The molecule has 6 heteroatoms. The van der Waals surface area contributed by atoms with Crippen molar-refractivity contribution in [2.45, 2.75) is 32.2 Å². The highest BCUT2D eigenvalue weighted by Gasteiger charge is 2.24. The fourth-order valence-corrected chi connectivity index (χ4v) is 3.48. The number of carbonyl (C=O) groups excluding carboxylic acids is 1. The molecule has 2 fully saturated rings. The number of hydrogen-bond acceptors (Lipinski definition) is 5. The van der Waals surface area contributed by atoms with Crippen molar-refractivity contribution in [3.05, 3.63) is 23.9 Å². The number of rotatable bonds is 5. The summed E-state index contributed by atoms with van der Waals surface area (Å²) in [6, 6.07) is 3.98. The average Bonchev–Trinajstić information content (AvgIpc) is 2.64. The van der Waals surface area contributed by atoms with E-state index in [1.807, 2.05) is 12.1 Å². The highest BCUT2D eigenvalue weighted by Crippen LogP contribution is 2.19. The van der Waals surface area contributed by atoms with E-state index < -0.39 is 0 Å². The first-order chi connectivity index (χ1) is 11.8. The number of hydrogen-bond donors (Lipinski definition) is 1. The van der Waals surface area contributed by atoms with E-state index in [0.717, 1.165) is 51.4 Å². The molecule has 6 nitrogen and oxygen atoms in total. The Hall–Kier alpha value is -1.66. The van der Waals surface area contributed by atoms with Crippen molar-refractivity contribution in [1.29, 1.82) is 0 Å². The predicted octanol–water partition coefficient (Wildman–Crippen LogP) is 1.52. The Balaban J connectivity index is 1.61. The molecule has 0 saturated carbocycles. The second kappa shape index (κ2) is 8.44. The number of amides is 1. The van der Waals surface area contributed by atoms with Crippen molar-refractivity contribution in [2.24, 2.45) is 0 Å². The molecule has 0 radical (unpaired) electrons. The largest absolute Gasteiger partial charge is 0.378 e. The van der Waals surface area contributed by atoms with Crippen molar-refractivity contribution >= 4 is 11.7 Å². The average molecular weight is 332 g/mol. The lowest BCUT2D eigenvalue weighted by atomic mass is 10.0. The SMILES string of the molecule is CCCN1CCC(NC(=O)c2cccnc2N2CCOCC2)CC1. The van der Waals surface area contributed by atoms with Crippen LogP contribution < -0.4 is 10.2 Å². The van der Waals surface area contributed by atoms with Crippen molar-refractivity contribution in [1.82, 2.24) is 15.2 Å². The van der Waals surface area contributed by atoms with E-state index in [9.17, 15) is 4.79 Å². The molecule has 3 heterocycles. The van der Waals surface area contributed by atoms with Gasteiger partial charge in [0.15, 0.2) is 0 Å². The highest BCUT2D eigenvalue weighted by atomic mass is 16.5. The van der Waals surface area contributed by atoms with Gasteiger partial charge in [0.2, 0.25) is 0 Å². The monoisotopic (exact) mass is 332 g/mol. The van der Waals surface area contributed by atoms with Gasteiger partial charge in [-0.15, -0.1) is 0 Å². The highest BCUT2D eigenvalue weighted by molar-refractivity contribution is 5.99. The molecule has 2 saturated heterocycles. The van der Waals surface area contributed by atoms with Crippen LogP contribution >= 0.6 is 0 Å². The second-order valence-corrected chi connectivity index (χ2v) is 6.56. The van der Waals surface area contributed by atoms with Gasteiger partial charge in [-0.1, -0.05) is 6.92 Å². The number of nitrogens with one attached hydrogen (secondary N) is 1. The zero-order valence-corrected chi connectivity index (χ0v) is 14.5. The van der Waals surface area contributed by atoms with Crippen molar-refractivity contribution in [3.8, 4) is 0 Å². The van der Waals surface area contributed by atoms with Gasteiger partial charge in [-0.2, -0.15) is 0 Å². The molecule has 1 aromatic heterocycles. The van der Waals surface area contributed by atoms with Crippen LogP contribution in [-0.2, 0) is 4.74 Å². The van der Waals surface area contributed by atoms with Crippen LogP contribution in [0.25, 0.3) is 0 Å². The van der Waals surface area contributed by atoms with Gasteiger partial charge in [0, 0.05) is 38.4 Å². The van der Waals surface area contributed by atoms with E-state index in [1.165, 1.54) is 6.42 Å². The van der Waals surface area contributed by atoms with Gasteiger partial charge in [0.05, 0.1) is 18.8 Å². The molecule has 0 unspecified atom stereocenters. The van der Waals surface area contributed by atoms with Gasteiger partial charge in [-0.3, -0.25) is 4.79 Å². The molecule has 2 aliphatic heterocycles. The summed E-state index contributed by atoms with van der Waals surface area (Å²) in [6.07, 6.45) is 5.00. The molecule has 0 aromatic carbocycles. The van der Waals surface area contributed by atoms with Crippen LogP contribution in [0, 0.1) is 0 Å². The van der Waals surface area contributed by atoms with Gasteiger partial charge in [0.25, 0.3) is 5.91 Å². The van der Waals surface area contributed by atoms with Crippen LogP contribution in [0.1, 0.15) is 36.5 Å². The van der Waals surface area contributed by atoms with Crippen LogP contribution in [0.4, 0.5) is 5.82 Å². The lowest BCUT2D eigenvalue weighted by Gasteiger charge is -2.33. The minimum atomic E-state index is -0.00136. The summed E-state index contributed by atoms with van der Waals surface area (Å²) in [4.78, 5) is 21.8. The summed E-state index contributed by atoms with van der Waals surface area (Å²) < 4.78 is 5.40. The fraction of sp³-hybridized carbons (Fsp3) is 0.667. The van der Waals surface area contributed by atoms with Crippen LogP contribution in [0.3, 0.4) is 0 Å². The number of likely N-dealkylation sites (tertiary alicyclic amines) is 1. The van der Waals surface area contributed by atoms with Crippen molar-refractivity contribution in [3.63, 3.8) is 0 Å². The van der Waals surface area contributed by atoms with Crippen molar-refractivity contribution < 1.29 is 9.53 Å². The minimum Gasteiger partial charge on any atom is -0.378 e. The summed E-state index contributed by atoms with van der Waals surface area (Å²) in [5.74, 6) is 0.778. The number of morpholine rings is 1. The smallest absolute Gasteiger partial charge is 0.255 e. The molecule has 1 amide bonds. The van der Waals surface area contributed by atoms with Gasteiger partial charge >= 0.3 is 0 Å². The first-order valence-corrected chi connectivity index (χ1v) is 9.09. The van der Waals surface area contributed by atoms with Crippen LogP contribution in [0.15, 0.2) is 18.3 Å². The van der Waals surface area contributed by atoms with Crippen LogP contribution in [0.2, 0.25) is 0 Å². The number of ether oxygens (including phenoxy) is 1. The van der Waals surface area contributed by atoms with Crippen LogP contribution in [-0.4, -0.2) is 67.8 Å². The molecular formula is C18H28N4O2. The lowest BCUT2D eigenvalue weighted by molar-refractivity contribution is 0.0909. The zero-order valence-electron chi connectivity index (χ0n) is 14.5. The first-order valence-electron chi connectivity index (χ1n) is 9.09. The molecule has 0 atom stereocenters. The molecular weight excluding hydrogens is 304 g/mol. The van der Waals surface area contributed by atoms with Gasteiger partial charge in [-0.25, -0.2) is 4.98 Å². The molecule has 1 aromatic rings. The number of aromatic nitrogens is 1. The topological polar surface area (TPSA) is 57.7 Å². The Labute approximate surface area is 144 Å². The summed E-state index contributed by atoms with van der Waals surface area (Å²) in [5, 5.41) is 3.21. The standard InChI is InChI=1S/C18H28N4O2/c1-2-8-21-9-5-15(6-10-21)20-18(23)16-4-3-7-19-17(16)22-11-13-24-14-12-22/h3-4,7,15H,2,5-6,8-14H2,1H3,(H,20,23). The third kappa shape index (κ3) is 4.24. The quantitative estimate of drug-likeness (QED) is 0.886. The zero-order chi connectivity index (χ0) is 16.8.